The standard InChI is InChI=1S/C34H46FN6O9PS/c1-41(2)29-14-10-27(11-15-29)39-40-28-12-18-31(19-13-28)52(47,48)38-23-7-24-49-25-20-32(42)36-21-5-3-4-6-22-37-34(43)33(35)26-8-16-30(17-9-26)50-51(44,45)46/h8-19,33,38H,3-7,20-25H2,1-2H3,(H,36,42)(H,37,43)(H2,44,45,46). The fourth-order valence-electron chi connectivity index (χ4n) is 4.56. The van der Waals surface area contributed by atoms with E-state index in [-0.39, 0.29) is 54.8 Å². The van der Waals surface area contributed by atoms with E-state index >= 15 is 0 Å². The van der Waals surface area contributed by atoms with Gasteiger partial charge in [0.1, 0.15) is 5.75 Å². The van der Waals surface area contributed by atoms with Crippen molar-refractivity contribution in [3.8, 4) is 5.75 Å². The molecule has 0 heterocycles. The Labute approximate surface area is 303 Å². The highest BCUT2D eigenvalue weighted by molar-refractivity contribution is 7.89. The minimum Gasteiger partial charge on any atom is -0.404 e. The molecule has 0 saturated heterocycles. The summed E-state index contributed by atoms with van der Waals surface area (Å²) in [6.07, 6.45) is 1.58. The van der Waals surface area contributed by atoms with Crippen LogP contribution in [0.15, 0.2) is 87.9 Å². The fraction of sp³-hybridized carbons (Fsp3) is 0.412. The number of nitrogens with one attached hydrogen (secondary N) is 3. The molecule has 18 heteroatoms. The molecule has 3 aromatic rings. The zero-order valence-electron chi connectivity index (χ0n) is 29.1. The van der Waals surface area contributed by atoms with Crippen molar-refractivity contribution in [2.75, 3.05) is 51.8 Å². The maximum absolute atomic E-state index is 14.4. The molecule has 284 valence electrons. The van der Waals surface area contributed by atoms with Gasteiger partial charge in [-0.25, -0.2) is 22.1 Å². The van der Waals surface area contributed by atoms with Crippen LogP contribution in [0.3, 0.4) is 0 Å². The van der Waals surface area contributed by atoms with Crippen molar-refractivity contribution in [3.05, 3.63) is 78.4 Å². The SMILES string of the molecule is CN(C)c1ccc(N=Nc2ccc(S(=O)(=O)NCCCOCCC(=O)NCCCCCCNC(=O)C(F)c3ccc(OP(=O)(O)O)cc3)cc2)cc1. The predicted molar refractivity (Wildman–Crippen MR) is 194 cm³/mol. The Balaban J connectivity index is 1.17. The summed E-state index contributed by atoms with van der Waals surface area (Å²) in [5.41, 5.74) is 2.27. The van der Waals surface area contributed by atoms with Crippen LogP contribution in [0.4, 0.5) is 21.5 Å². The summed E-state index contributed by atoms with van der Waals surface area (Å²) in [6.45, 7) is 1.42. The molecule has 0 aliphatic rings. The first-order valence-electron chi connectivity index (χ1n) is 16.6. The van der Waals surface area contributed by atoms with Crippen molar-refractivity contribution in [1.82, 2.24) is 15.4 Å². The van der Waals surface area contributed by atoms with E-state index in [4.69, 9.17) is 14.5 Å². The fourth-order valence-corrected chi connectivity index (χ4v) is 6.03. The highest BCUT2D eigenvalue weighted by Gasteiger charge is 2.21. The monoisotopic (exact) mass is 764 g/mol. The lowest BCUT2D eigenvalue weighted by Gasteiger charge is -2.11. The van der Waals surface area contributed by atoms with Gasteiger partial charge in [0.2, 0.25) is 22.1 Å². The number of amides is 2. The van der Waals surface area contributed by atoms with Crippen LogP contribution in [0, 0.1) is 0 Å². The van der Waals surface area contributed by atoms with Crippen molar-refractivity contribution in [3.63, 3.8) is 0 Å². The predicted octanol–water partition coefficient (Wildman–Crippen LogP) is 5.22. The highest BCUT2D eigenvalue weighted by atomic mass is 32.2. The van der Waals surface area contributed by atoms with Gasteiger partial charge in [-0.3, -0.25) is 19.4 Å². The molecule has 0 radical (unpaired) electrons. The number of hydrogen-bond donors (Lipinski definition) is 5. The Hall–Kier alpha value is -4.25. The third-order valence-electron chi connectivity index (χ3n) is 7.38. The first-order chi connectivity index (χ1) is 24.7. The van der Waals surface area contributed by atoms with Crippen molar-refractivity contribution >= 4 is 46.7 Å². The normalized spacial score (nSPS) is 12.4. The van der Waals surface area contributed by atoms with Crippen molar-refractivity contribution in [2.24, 2.45) is 10.2 Å². The third kappa shape index (κ3) is 16.0. The van der Waals surface area contributed by atoms with E-state index < -0.39 is 29.9 Å². The molecule has 0 fully saturated rings. The summed E-state index contributed by atoms with van der Waals surface area (Å²) in [6, 6.07) is 18.4. The zero-order valence-corrected chi connectivity index (χ0v) is 30.8. The first kappa shape index (κ1) is 42.2. The lowest BCUT2D eigenvalue weighted by atomic mass is 10.1. The molecule has 1 unspecified atom stereocenters. The number of phosphoric ester groups is 1. The van der Waals surface area contributed by atoms with E-state index in [0.29, 0.717) is 30.8 Å². The minimum absolute atomic E-state index is 0.0290. The number of carbonyl (C=O) groups excluding carboxylic acids is 2. The molecule has 0 aliphatic heterocycles. The van der Waals surface area contributed by atoms with Crippen LogP contribution in [0.25, 0.3) is 0 Å². The molecule has 0 aliphatic carbocycles. The van der Waals surface area contributed by atoms with Gasteiger partial charge >= 0.3 is 7.82 Å². The number of nitrogens with zero attached hydrogens (tertiary/aromatic N) is 3. The van der Waals surface area contributed by atoms with Crippen LogP contribution in [0.2, 0.25) is 0 Å². The molecule has 0 aromatic heterocycles. The molecular weight excluding hydrogens is 718 g/mol. The number of anilines is 1. The van der Waals surface area contributed by atoms with Crippen molar-refractivity contribution in [2.45, 2.75) is 49.6 Å². The van der Waals surface area contributed by atoms with E-state index in [1.165, 1.54) is 36.4 Å². The summed E-state index contributed by atoms with van der Waals surface area (Å²) in [7, 11) is -4.54. The summed E-state index contributed by atoms with van der Waals surface area (Å²) >= 11 is 0. The number of hydrogen-bond acceptors (Lipinski definition) is 10. The van der Waals surface area contributed by atoms with Gasteiger partial charge in [-0.15, -0.1) is 0 Å². The lowest BCUT2D eigenvalue weighted by Crippen LogP contribution is -2.28. The number of alkyl halides is 1. The number of sulfonamides is 1. The van der Waals surface area contributed by atoms with Crippen LogP contribution in [0.5, 0.6) is 5.75 Å². The quantitative estimate of drug-likeness (QED) is 0.0483. The van der Waals surface area contributed by atoms with Gasteiger partial charge in [-0.1, -0.05) is 25.0 Å². The van der Waals surface area contributed by atoms with Gasteiger partial charge in [0, 0.05) is 52.4 Å². The first-order valence-corrected chi connectivity index (χ1v) is 19.6. The van der Waals surface area contributed by atoms with E-state index in [2.05, 4.69) is 30.1 Å². The number of carbonyl (C=O) groups is 2. The van der Waals surface area contributed by atoms with Gasteiger partial charge in [-0.2, -0.15) is 10.2 Å². The topological polar surface area (TPSA) is 208 Å². The van der Waals surface area contributed by atoms with E-state index in [1.807, 2.05) is 43.3 Å². The van der Waals surface area contributed by atoms with E-state index in [1.54, 1.807) is 12.1 Å². The summed E-state index contributed by atoms with van der Waals surface area (Å²) in [5.74, 6) is -1.12. The lowest BCUT2D eigenvalue weighted by molar-refractivity contribution is -0.126. The number of ether oxygens (including phenoxy) is 1. The molecule has 1 atom stereocenters. The second-order valence-corrected chi connectivity index (χ2v) is 14.7. The largest absolute Gasteiger partial charge is 0.524 e. The molecular formula is C34H46FN6O9PS. The number of unbranched alkanes of at least 4 members (excludes halogenated alkanes) is 3. The third-order valence-corrected chi connectivity index (χ3v) is 9.30. The maximum Gasteiger partial charge on any atom is 0.524 e. The Morgan fingerprint density at radius 2 is 1.38 bits per heavy atom. The van der Waals surface area contributed by atoms with Crippen LogP contribution >= 0.6 is 7.82 Å². The van der Waals surface area contributed by atoms with Crippen molar-refractivity contribution in [1.29, 1.82) is 0 Å². The Bertz CT molecular complexity index is 1740. The average Bonchev–Trinajstić information content (AvgIpc) is 3.11. The van der Waals surface area contributed by atoms with Gasteiger partial charge in [-0.05, 0) is 85.5 Å². The van der Waals surface area contributed by atoms with E-state index in [0.717, 1.165) is 24.9 Å². The molecule has 0 spiro atoms. The average molecular weight is 765 g/mol. The molecule has 0 bridgehead atoms. The van der Waals surface area contributed by atoms with E-state index in [9.17, 15) is 27.0 Å². The highest BCUT2D eigenvalue weighted by Crippen LogP contribution is 2.37. The number of azo groups is 1. The Morgan fingerprint density at radius 1 is 0.808 bits per heavy atom. The van der Waals surface area contributed by atoms with Crippen molar-refractivity contribution < 1.29 is 46.0 Å². The maximum atomic E-state index is 14.4. The Morgan fingerprint density at radius 3 is 1.96 bits per heavy atom. The van der Waals surface area contributed by atoms with Crippen LogP contribution in [-0.4, -0.2) is 77.0 Å². The minimum atomic E-state index is -4.73. The number of benzene rings is 3. The van der Waals surface area contributed by atoms with Crippen LogP contribution in [0.1, 0.15) is 50.3 Å². The smallest absolute Gasteiger partial charge is 0.404 e. The molecule has 52 heavy (non-hydrogen) atoms. The van der Waals surface area contributed by atoms with Crippen LogP contribution in [-0.2, 0) is 28.9 Å². The van der Waals surface area contributed by atoms with Gasteiger partial charge < -0.3 is 24.8 Å². The Kier molecular flexibility index (Phi) is 17.3. The molecule has 3 rings (SSSR count). The number of halogens is 1. The summed E-state index contributed by atoms with van der Waals surface area (Å²) in [4.78, 5) is 43.8. The van der Waals surface area contributed by atoms with Gasteiger partial charge in [0.25, 0.3) is 5.91 Å². The summed E-state index contributed by atoms with van der Waals surface area (Å²) in [5, 5.41) is 13.7. The molecule has 3 aromatic carbocycles. The number of phosphoric acid groups is 1. The van der Waals surface area contributed by atoms with Crippen LogP contribution < -0.4 is 24.8 Å². The molecule has 15 nitrogen and oxygen atoms in total. The van der Waals surface area contributed by atoms with Gasteiger partial charge in [0.15, 0.2) is 0 Å². The second-order valence-electron chi connectivity index (χ2n) is 11.8. The molecule has 0 saturated carbocycles. The molecule has 5 N–H and O–H groups in total. The van der Waals surface area contributed by atoms with Gasteiger partial charge in [0.05, 0.1) is 22.9 Å². The number of rotatable bonds is 23. The summed E-state index contributed by atoms with van der Waals surface area (Å²) < 4.78 is 62.9. The molecule has 2 amide bonds. The zero-order chi connectivity index (χ0) is 38.0. The second kappa shape index (κ2) is 21.3.